The number of hydrogen-bond acceptors (Lipinski definition) is 6. The lowest BCUT2D eigenvalue weighted by atomic mass is 9.95. The monoisotopic (exact) mass is 413 g/mol. The summed E-state index contributed by atoms with van der Waals surface area (Å²) in [5.41, 5.74) is 2.69. The first-order valence-electron chi connectivity index (χ1n) is 10.2. The zero-order chi connectivity index (χ0) is 21.6. The molecule has 0 bridgehead atoms. The fraction of sp³-hybridized carbons (Fsp3) is 0.250. The van der Waals surface area contributed by atoms with Crippen LogP contribution in [0.15, 0.2) is 60.7 Å². The van der Waals surface area contributed by atoms with E-state index in [4.69, 9.17) is 4.74 Å². The summed E-state index contributed by atoms with van der Waals surface area (Å²) in [6.45, 7) is 1.45. The third-order valence-corrected chi connectivity index (χ3v) is 5.53. The molecule has 1 amide bonds. The van der Waals surface area contributed by atoms with E-state index in [0.717, 1.165) is 48.8 Å². The highest BCUT2D eigenvalue weighted by molar-refractivity contribution is 5.94. The molecule has 7 heteroatoms. The topological polar surface area (TPSA) is 91.1 Å². The third kappa shape index (κ3) is 4.48. The van der Waals surface area contributed by atoms with Gasteiger partial charge >= 0.3 is 0 Å². The van der Waals surface area contributed by atoms with Crippen molar-refractivity contribution in [2.45, 2.75) is 12.8 Å². The van der Waals surface area contributed by atoms with E-state index in [-0.39, 0.29) is 11.8 Å². The fourth-order valence-corrected chi connectivity index (χ4v) is 3.79. The Morgan fingerprint density at radius 1 is 1.06 bits per heavy atom. The lowest BCUT2D eigenvalue weighted by molar-refractivity contribution is -0.120. The van der Waals surface area contributed by atoms with Gasteiger partial charge in [-0.1, -0.05) is 24.3 Å². The number of ether oxygens (including phenoxy) is 1. The number of carbonyl (C=O) groups excluding carboxylic acids is 1. The number of hydrogen-bond donors (Lipinski definition) is 1. The van der Waals surface area contributed by atoms with Gasteiger partial charge in [-0.3, -0.25) is 4.79 Å². The summed E-state index contributed by atoms with van der Waals surface area (Å²) >= 11 is 0. The number of benzene rings is 2. The smallest absolute Gasteiger partial charge is 0.227 e. The molecule has 2 aromatic carbocycles. The zero-order valence-electron chi connectivity index (χ0n) is 17.3. The number of carbonyl (C=O) groups is 1. The van der Waals surface area contributed by atoms with E-state index in [9.17, 15) is 10.1 Å². The Hall–Kier alpha value is -3.92. The fourth-order valence-electron chi connectivity index (χ4n) is 3.79. The number of piperidine rings is 1. The molecule has 3 aromatic rings. The van der Waals surface area contributed by atoms with Crippen LogP contribution in [0.25, 0.3) is 11.3 Å². The van der Waals surface area contributed by atoms with Crippen LogP contribution in [0.1, 0.15) is 18.4 Å². The number of nitrogens with zero attached hydrogens (tertiary/aromatic N) is 4. The number of methoxy groups -OCH3 is 1. The predicted octanol–water partition coefficient (Wildman–Crippen LogP) is 3.88. The Labute approximate surface area is 181 Å². The van der Waals surface area contributed by atoms with E-state index in [2.05, 4.69) is 26.5 Å². The summed E-state index contributed by atoms with van der Waals surface area (Å²) in [6.07, 6.45) is 1.44. The summed E-state index contributed by atoms with van der Waals surface area (Å²) in [7, 11) is 1.64. The molecule has 1 aromatic heterocycles. The summed E-state index contributed by atoms with van der Waals surface area (Å²) in [6, 6.07) is 20.8. The first-order chi connectivity index (χ1) is 15.2. The zero-order valence-corrected chi connectivity index (χ0v) is 17.3. The molecule has 1 saturated heterocycles. The van der Waals surface area contributed by atoms with Crippen molar-refractivity contribution in [3.8, 4) is 23.1 Å². The van der Waals surface area contributed by atoms with Gasteiger partial charge in [-0.2, -0.15) is 5.26 Å². The maximum atomic E-state index is 12.7. The number of nitrogens with one attached hydrogen (secondary N) is 1. The Morgan fingerprint density at radius 3 is 2.52 bits per heavy atom. The summed E-state index contributed by atoms with van der Waals surface area (Å²) in [5.74, 6) is 1.42. The second-order valence-corrected chi connectivity index (χ2v) is 7.39. The minimum Gasteiger partial charge on any atom is -0.496 e. The van der Waals surface area contributed by atoms with Crippen LogP contribution in [-0.4, -0.2) is 36.3 Å². The molecule has 0 saturated carbocycles. The molecule has 31 heavy (non-hydrogen) atoms. The SMILES string of the molecule is COc1ccccc1-c1ccc(N2CCC(C(=O)Nc3ccccc3C#N)CC2)nn1. The maximum Gasteiger partial charge on any atom is 0.227 e. The van der Waals surface area contributed by atoms with Crippen LogP contribution in [0.2, 0.25) is 0 Å². The van der Waals surface area contributed by atoms with Crippen molar-refractivity contribution in [3.05, 3.63) is 66.2 Å². The van der Waals surface area contributed by atoms with Crippen molar-refractivity contribution in [1.29, 1.82) is 5.26 Å². The lowest BCUT2D eigenvalue weighted by Crippen LogP contribution is -2.38. The van der Waals surface area contributed by atoms with Gasteiger partial charge < -0.3 is 15.0 Å². The number of aromatic nitrogens is 2. The molecule has 0 unspecified atom stereocenters. The molecule has 156 valence electrons. The van der Waals surface area contributed by atoms with E-state index in [0.29, 0.717) is 11.3 Å². The molecule has 2 heterocycles. The standard InChI is InChI=1S/C24H23N5O2/c1-31-22-9-5-3-7-19(22)21-10-11-23(28-27-21)29-14-12-17(13-15-29)24(30)26-20-8-4-2-6-18(20)16-25/h2-11,17H,12-15H2,1H3,(H,26,30). The Kier molecular flexibility index (Phi) is 6.08. The van der Waals surface area contributed by atoms with Crippen molar-refractivity contribution in [2.75, 3.05) is 30.4 Å². The predicted molar refractivity (Wildman–Crippen MR) is 119 cm³/mol. The van der Waals surface area contributed by atoms with Crippen LogP contribution >= 0.6 is 0 Å². The summed E-state index contributed by atoms with van der Waals surface area (Å²) in [4.78, 5) is 14.8. The Morgan fingerprint density at radius 2 is 1.81 bits per heavy atom. The third-order valence-electron chi connectivity index (χ3n) is 5.53. The van der Waals surface area contributed by atoms with Gasteiger partial charge in [-0.25, -0.2) is 0 Å². The van der Waals surface area contributed by atoms with Gasteiger partial charge in [-0.05, 0) is 49.2 Å². The molecule has 7 nitrogen and oxygen atoms in total. The average Bonchev–Trinajstić information content (AvgIpc) is 2.84. The van der Waals surface area contributed by atoms with Gasteiger partial charge in [0.05, 0.1) is 24.1 Å². The Bertz CT molecular complexity index is 1100. The second-order valence-electron chi connectivity index (χ2n) is 7.39. The largest absolute Gasteiger partial charge is 0.496 e. The minimum absolute atomic E-state index is 0.0417. The van der Waals surface area contributed by atoms with E-state index < -0.39 is 0 Å². The van der Waals surface area contributed by atoms with Gasteiger partial charge in [0.15, 0.2) is 5.82 Å². The highest BCUT2D eigenvalue weighted by atomic mass is 16.5. The number of rotatable bonds is 5. The van der Waals surface area contributed by atoms with Crippen LogP contribution in [0.4, 0.5) is 11.5 Å². The van der Waals surface area contributed by atoms with Crippen LogP contribution in [0.3, 0.4) is 0 Å². The van der Waals surface area contributed by atoms with Gasteiger partial charge in [0.25, 0.3) is 0 Å². The molecule has 4 rings (SSSR count). The van der Waals surface area contributed by atoms with Gasteiger partial charge in [0, 0.05) is 24.6 Å². The van der Waals surface area contributed by atoms with Crippen molar-refractivity contribution in [1.82, 2.24) is 10.2 Å². The normalized spacial score (nSPS) is 14.0. The molecule has 0 aliphatic carbocycles. The van der Waals surface area contributed by atoms with Gasteiger partial charge in [0.2, 0.25) is 5.91 Å². The van der Waals surface area contributed by atoms with E-state index in [1.165, 1.54) is 0 Å². The van der Waals surface area contributed by atoms with Gasteiger partial charge in [0.1, 0.15) is 11.8 Å². The van der Waals surface area contributed by atoms with Crippen molar-refractivity contribution < 1.29 is 9.53 Å². The lowest BCUT2D eigenvalue weighted by Gasteiger charge is -2.31. The minimum atomic E-state index is -0.0937. The average molecular weight is 413 g/mol. The quantitative estimate of drug-likeness (QED) is 0.683. The molecular formula is C24H23N5O2. The van der Waals surface area contributed by atoms with Crippen LogP contribution in [-0.2, 0) is 4.79 Å². The molecule has 1 fully saturated rings. The number of anilines is 2. The first kappa shape index (κ1) is 20.4. The van der Waals surface area contributed by atoms with Crippen LogP contribution < -0.4 is 15.0 Å². The molecule has 1 aliphatic rings. The highest BCUT2D eigenvalue weighted by Gasteiger charge is 2.26. The molecular weight excluding hydrogens is 390 g/mol. The van der Waals surface area contributed by atoms with Crippen LogP contribution in [0, 0.1) is 17.2 Å². The summed E-state index contributed by atoms with van der Waals surface area (Å²) in [5, 5.41) is 20.9. The Balaban J connectivity index is 1.37. The van der Waals surface area contributed by atoms with Crippen molar-refractivity contribution >= 4 is 17.4 Å². The molecule has 1 N–H and O–H groups in total. The van der Waals surface area contributed by atoms with Crippen LogP contribution in [0.5, 0.6) is 5.75 Å². The maximum absolute atomic E-state index is 12.7. The van der Waals surface area contributed by atoms with E-state index in [1.54, 1.807) is 25.3 Å². The van der Waals surface area contributed by atoms with Crippen molar-refractivity contribution in [3.63, 3.8) is 0 Å². The molecule has 0 spiro atoms. The van der Waals surface area contributed by atoms with Gasteiger partial charge in [-0.15, -0.1) is 10.2 Å². The molecule has 0 atom stereocenters. The number of para-hydroxylation sites is 2. The first-order valence-corrected chi connectivity index (χ1v) is 10.2. The summed E-state index contributed by atoms with van der Waals surface area (Å²) < 4.78 is 5.40. The molecule has 0 radical (unpaired) electrons. The van der Waals surface area contributed by atoms with E-state index >= 15 is 0 Å². The second kappa shape index (κ2) is 9.26. The number of amides is 1. The van der Waals surface area contributed by atoms with E-state index in [1.807, 2.05) is 42.5 Å². The highest BCUT2D eigenvalue weighted by Crippen LogP contribution is 2.29. The number of nitriles is 1. The molecule has 1 aliphatic heterocycles. The van der Waals surface area contributed by atoms with Crippen molar-refractivity contribution in [2.24, 2.45) is 5.92 Å².